The van der Waals surface area contributed by atoms with Crippen molar-refractivity contribution in [1.29, 1.82) is 0 Å². The SMILES string of the molecule is CCC(O)CCNC(C)c1c(C)nn(-c2ccccc2)c1C. The molecule has 2 unspecified atom stereocenters. The average Bonchev–Trinajstić information content (AvgIpc) is 2.82. The van der Waals surface area contributed by atoms with Gasteiger partial charge in [-0.25, -0.2) is 4.68 Å². The van der Waals surface area contributed by atoms with Crippen molar-refractivity contribution in [3.05, 3.63) is 47.3 Å². The van der Waals surface area contributed by atoms with E-state index in [4.69, 9.17) is 0 Å². The Labute approximate surface area is 133 Å². The number of aromatic nitrogens is 2. The van der Waals surface area contributed by atoms with Gasteiger partial charge in [0, 0.05) is 17.3 Å². The van der Waals surface area contributed by atoms with Gasteiger partial charge in [-0.2, -0.15) is 5.10 Å². The van der Waals surface area contributed by atoms with Gasteiger partial charge in [0.05, 0.1) is 17.5 Å². The van der Waals surface area contributed by atoms with Crippen molar-refractivity contribution in [2.75, 3.05) is 6.54 Å². The third-order valence-corrected chi connectivity index (χ3v) is 4.18. The monoisotopic (exact) mass is 301 g/mol. The molecule has 120 valence electrons. The highest BCUT2D eigenvalue weighted by Crippen LogP contribution is 2.23. The molecular formula is C18H27N3O. The predicted molar refractivity (Wildman–Crippen MR) is 90.4 cm³/mol. The number of aliphatic hydroxyl groups is 1. The molecule has 0 bridgehead atoms. The molecule has 1 aromatic heterocycles. The van der Waals surface area contributed by atoms with Gasteiger partial charge in [-0.05, 0) is 52.3 Å². The summed E-state index contributed by atoms with van der Waals surface area (Å²) in [5.41, 5.74) is 4.55. The second-order valence-corrected chi connectivity index (χ2v) is 5.86. The highest BCUT2D eigenvalue weighted by Gasteiger charge is 2.18. The molecule has 1 aromatic carbocycles. The number of nitrogens with one attached hydrogen (secondary N) is 1. The Hall–Kier alpha value is -1.65. The van der Waals surface area contributed by atoms with Crippen molar-refractivity contribution in [3.8, 4) is 5.69 Å². The van der Waals surface area contributed by atoms with E-state index in [2.05, 4.69) is 43.3 Å². The fraction of sp³-hybridized carbons (Fsp3) is 0.500. The van der Waals surface area contributed by atoms with E-state index < -0.39 is 0 Å². The van der Waals surface area contributed by atoms with Crippen LogP contribution in [0.1, 0.15) is 49.7 Å². The topological polar surface area (TPSA) is 50.1 Å². The molecule has 2 atom stereocenters. The zero-order chi connectivity index (χ0) is 16.1. The lowest BCUT2D eigenvalue weighted by atomic mass is 10.1. The van der Waals surface area contributed by atoms with Gasteiger partial charge in [0.15, 0.2) is 0 Å². The van der Waals surface area contributed by atoms with Crippen LogP contribution in [0.4, 0.5) is 0 Å². The van der Waals surface area contributed by atoms with Gasteiger partial charge < -0.3 is 10.4 Å². The van der Waals surface area contributed by atoms with E-state index in [-0.39, 0.29) is 12.1 Å². The molecule has 22 heavy (non-hydrogen) atoms. The van der Waals surface area contributed by atoms with Crippen LogP contribution in [0.5, 0.6) is 0 Å². The lowest BCUT2D eigenvalue weighted by Crippen LogP contribution is -2.24. The molecule has 0 amide bonds. The van der Waals surface area contributed by atoms with Crippen LogP contribution in [0.15, 0.2) is 30.3 Å². The number of benzene rings is 1. The van der Waals surface area contributed by atoms with Gasteiger partial charge in [-0.15, -0.1) is 0 Å². The van der Waals surface area contributed by atoms with Crippen LogP contribution in [-0.2, 0) is 0 Å². The maximum absolute atomic E-state index is 9.65. The lowest BCUT2D eigenvalue weighted by Gasteiger charge is -2.16. The standard InChI is InChI=1S/C18H27N3O/c1-5-17(22)11-12-19-13(2)18-14(3)20-21(15(18)4)16-9-7-6-8-10-16/h6-10,13,17,19,22H,5,11-12H2,1-4H3. The third-order valence-electron chi connectivity index (χ3n) is 4.18. The molecule has 0 radical (unpaired) electrons. The highest BCUT2D eigenvalue weighted by molar-refractivity contribution is 5.38. The quantitative estimate of drug-likeness (QED) is 0.825. The number of para-hydroxylation sites is 1. The summed E-state index contributed by atoms with van der Waals surface area (Å²) < 4.78 is 2.00. The van der Waals surface area contributed by atoms with Gasteiger partial charge in [0.2, 0.25) is 0 Å². The molecule has 0 spiro atoms. The Morgan fingerprint density at radius 3 is 2.55 bits per heavy atom. The zero-order valence-electron chi connectivity index (χ0n) is 14.0. The third kappa shape index (κ3) is 3.76. The van der Waals surface area contributed by atoms with Crippen molar-refractivity contribution in [2.45, 2.75) is 52.7 Å². The van der Waals surface area contributed by atoms with Gasteiger partial charge in [0.25, 0.3) is 0 Å². The summed E-state index contributed by atoms with van der Waals surface area (Å²) in [6.07, 6.45) is 1.38. The summed E-state index contributed by atoms with van der Waals surface area (Å²) in [4.78, 5) is 0. The number of hydrogen-bond donors (Lipinski definition) is 2. The van der Waals surface area contributed by atoms with Gasteiger partial charge in [-0.1, -0.05) is 25.1 Å². The second kappa shape index (κ2) is 7.56. The van der Waals surface area contributed by atoms with Crippen molar-refractivity contribution < 1.29 is 5.11 Å². The molecule has 2 N–H and O–H groups in total. The Balaban J connectivity index is 2.13. The summed E-state index contributed by atoms with van der Waals surface area (Å²) in [6.45, 7) is 9.14. The first kappa shape index (κ1) is 16.7. The normalized spacial score (nSPS) is 14.0. The molecule has 2 rings (SSSR count). The molecule has 2 aromatic rings. The molecule has 4 heteroatoms. The molecule has 4 nitrogen and oxygen atoms in total. The summed E-state index contributed by atoms with van der Waals surface area (Å²) in [7, 11) is 0. The minimum Gasteiger partial charge on any atom is -0.393 e. The fourth-order valence-electron chi connectivity index (χ4n) is 2.87. The van der Waals surface area contributed by atoms with Gasteiger partial charge in [-0.3, -0.25) is 0 Å². The Morgan fingerprint density at radius 2 is 1.91 bits per heavy atom. The molecule has 0 saturated carbocycles. The van der Waals surface area contributed by atoms with E-state index in [1.165, 1.54) is 11.3 Å². The smallest absolute Gasteiger partial charge is 0.0648 e. The van der Waals surface area contributed by atoms with Crippen molar-refractivity contribution in [3.63, 3.8) is 0 Å². The van der Waals surface area contributed by atoms with E-state index >= 15 is 0 Å². The molecule has 0 aliphatic heterocycles. The van der Waals surface area contributed by atoms with E-state index in [0.717, 1.165) is 30.8 Å². The first-order valence-electron chi connectivity index (χ1n) is 8.07. The Morgan fingerprint density at radius 1 is 1.23 bits per heavy atom. The number of rotatable bonds is 7. The summed E-state index contributed by atoms with van der Waals surface area (Å²) >= 11 is 0. The van der Waals surface area contributed by atoms with Crippen LogP contribution in [-0.4, -0.2) is 27.5 Å². The first-order valence-corrected chi connectivity index (χ1v) is 8.07. The molecule has 0 fully saturated rings. The molecule has 0 aliphatic rings. The molecular weight excluding hydrogens is 274 g/mol. The Kier molecular flexibility index (Phi) is 5.75. The van der Waals surface area contributed by atoms with E-state index in [1.54, 1.807) is 0 Å². The van der Waals surface area contributed by atoms with Gasteiger partial charge in [0.1, 0.15) is 0 Å². The van der Waals surface area contributed by atoms with Crippen LogP contribution in [0.3, 0.4) is 0 Å². The van der Waals surface area contributed by atoms with Crippen LogP contribution >= 0.6 is 0 Å². The summed E-state index contributed by atoms with van der Waals surface area (Å²) in [6, 6.07) is 10.4. The highest BCUT2D eigenvalue weighted by atomic mass is 16.3. The largest absolute Gasteiger partial charge is 0.393 e. The van der Waals surface area contributed by atoms with Crippen molar-refractivity contribution in [2.24, 2.45) is 0 Å². The Bertz CT molecular complexity index is 592. The van der Waals surface area contributed by atoms with E-state index in [9.17, 15) is 5.11 Å². The molecule has 1 heterocycles. The van der Waals surface area contributed by atoms with Crippen LogP contribution < -0.4 is 5.32 Å². The number of aliphatic hydroxyl groups excluding tert-OH is 1. The number of nitrogens with zero attached hydrogens (tertiary/aromatic N) is 2. The minimum atomic E-state index is -0.214. The number of hydrogen-bond acceptors (Lipinski definition) is 3. The molecule has 0 saturated heterocycles. The zero-order valence-corrected chi connectivity index (χ0v) is 14.0. The van der Waals surface area contributed by atoms with Gasteiger partial charge >= 0.3 is 0 Å². The number of aryl methyl sites for hydroxylation is 1. The van der Waals surface area contributed by atoms with Crippen LogP contribution in [0, 0.1) is 13.8 Å². The second-order valence-electron chi connectivity index (χ2n) is 5.86. The van der Waals surface area contributed by atoms with Crippen molar-refractivity contribution in [1.82, 2.24) is 15.1 Å². The minimum absolute atomic E-state index is 0.214. The lowest BCUT2D eigenvalue weighted by molar-refractivity contribution is 0.159. The average molecular weight is 301 g/mol. The van der Waals surface area contributed by atoms with Crippen LogP contribution in [0.2, 0.25) is 0 Å². The van der Waals surface area contributed by atoms with Crippen molar-refractivity contribution >= 4 is 0 Å². The maximum atomic E-state index is 9.65. The summed E-state index contributed by atoms with van der Waals surface area (Å²) in [5, 5.41) is 17.8. The first-order chi connectivity index (χ1) is 10.5. The van der Waals surface area contributed by atoms with E-state index in [0.29, 0.717) is 0 Å². The summed E-state index contributed by atoms with van der Waals surface area (Å²) in [5.74, 6) is 0. The maximum Gasteiger partial charge on any atom is 0.0648 e. The predicted octanol–water partition coefficient (Wildman–Crippen LogP) is 3.30. The van der Waals surface area contributed by atoms with E-state index in [1.807, 2.05) is 29.8 Å². The van der Waals surface area contributed by atoms with Crippen LogP contribution in [0.25, 0.3) is 5.69 Å². The molecule has 0 aliphatic carbocycles. The fourth-order valence-corrected chi connectivity index (χ4v) is 2.87.